The fourth-order valence-electron chi connectivity index (χ4n) is 1.60. The molecule has 0 spiro atoms. The average Bonchev–Trinajstić information content (AvgIpc) is 2.34. The molecule has 6 heteroatoms. The number of amides is 1. The van der Waals surface area contributed by atoms with Crippen LogP contribution in [-0.4, -0.2) is 46.2 Å². The van der Waals surface area contributed by atoms with Crippen molar-refractivity contribution in [2.24, 2.45) is 0 Å². The molecule has 5 nitrogen and oxygen atoms in total. The van der Waals surface area contributed by atoms with Gasteiger partial charge in [0, 0.05) is 18.7 Å². The molecule has 0 aliphatic rings. The van der Waals surface area contributed by atoms with Crippen LogP contribution in [0, 0.1) is 5.82 Å². The third-order valence-corrected chi connectivity index (χ3v) is 2.46. The third kappa shape index (κ3) is 5.05. The number of rotatable bonds is 6. The van der Waals surface area contributed by atoms with Gasteiger partial charge in [-0.2, -0.15) is 0 Å². The van der Waals surface area contributed by atoms with Gasteiger partial charge in [-0.3, -0.25) is 9.59 Å². The van der Waals surface area contributed by atoms with E-state index < -0.39 is 23.8 Å². The summed E-state index contributed by atoms with van der Waals surface area (Å²) in [5.74, 6) is -1.91. The number of carbonyl (C=O) groups excluding carboxylic acids is 1. The van der Waals surface area contributed by atoms with E-state index in [1.54, 1.807) is 0 Å². The van der Waals surface area contributed by atoms with E-state index >= 15 is 0 Å². The fourth-order valence-corrected chi connectivity index (χ4v) is 1.60. The van der Waals surface area contributed by atoms with Gasteiger partial charge in [0.2, 0.25) is 0 Å². The Morgan fingerprint density at radius 3 is 2.37 bits per heavy atom. The highest BCUT2D eigenvalue weighted by molar-refractivity contribution is 5.94. The molecular formula is C13H16FNO4. The molecule has 0 saturated carbocycles. The van der Waals surface area contributed by atoms with E-state index in [4.69, 9.17) is 5.11 Å². The van der Waals surface area contributed by atoms with Crippen molar-refractivity contribution in [1.29, 1.82) is 0 Å². The average molecular weight is 269 g/mol. The number of carbonyl (C=O) groups is 2. The van der Waals surface area contributed by atoms with Crippen LogP contribution in [0.2, 0.25) is 0 Å². The van der Waals surface area contributed by atoms with Gasteiger partial charge < -0.3 is 15.1 Å². The summed E-state index contributed by atoms with van der Waals surface area (Å²) in [7, 11) is 0. The lowest BCUT2D eigenvalue weighted by Crippen LogP contribution is -2.38. The van der Waals surface area contributed by atoms with Crippen molar-refractivity contribution in [2.45, 2.75) is 19.4 Å². The van der Waals surface area contributed by atoms with E-state index in [9.17, 15) is 19.1 Å². The first kappa shape index (κ1) is 15.1. The standard InChI is InChI=1S/C13H16FNO4/c1-9(16)8-15(7-6-12(17)18)13(19)10-2-4-11(14)5-3-10/h2-5,9,16H,6-8H2,1H3,(H,17,18). The molecule has 19 heavy (non-hydrogen) atoms. The summed E-state index contributed by atoms with van der Waals surface area (Å²) >= 11 is 0. The Morgan fingerprint density at radius 1 is 1.32 bits per heavy atom. The molecule has 0 heterocycles. The number of carboxylic acids is 1. The molecule has 2 N–H and O–H groups in total. The second kappa shape index (κ2) is 6.84. The van der Waals surface area contributed by atoms with Crippen molar-refractivity contribution in [1.82, 2.24) is 4.90 Å². The van der Waals surface area contributed by atoms with E-state index in [1.807, 2.05) is 0 Å². The van der Waals surface area contributed by atoms with E-state index in [0.717, 1.165) is 12.1 Å². The zero-order valence-electron chi connectivity index (χ0n) is 10.5. The summed E-state index contributed by atoms with van der Waals surface area (Å²) in [5, 5.41) is 18.0. The Bertz CT molecular complexity index is 444. The van der Waals surface area contributed by atoms with Crippen LogP contribution in [0.5, 0.6) is 0 Å². The van der Waals surface area contributed by atoms with Gasteiger partial charge >= 0.3 is 5.97 Å². The van der Waals surface area contributed by atoms with Crippen molar-refractivity contribution in [3.8, 4) is 0 Å². The molecule has 1 atom stereocenters. The molecule has 0 radical (unpaired) electrons. The van der Waals surface area contributed by atoms with Crippen molar-refractivity contribution in [3.05, 3.63) is 35.6 Å². The second-order valence-electron chi connectivity index (χ2n) is 4.25. The van der Waals surface area contributed by atoms with E-state index in [-0.39, 0.29) is 25.1 Å². The zero-order chi connectivity index (χ0) is 14.4. The van der Waals surface area contributed by atoms with Gasteiger partial charge in [0.05, 0.1) is 12.5 Å². The van der Waals surface area contributed by atoms with Crippen LogP contribution in [-0.2, 0) is 4.79 Å². The molecule has 0 aliphatic heterocycles. The van der Waals surface area contributed by atoms with Gasteiger partial charge in [-0.15, -0.1) is 0 Å². The number of hydrogen-bond donors (Lipinski definition) is 2. The summed E-state index contributed by atoms with van der Waals surface area (Å²) in [6.07, 6.45) is -0.974. The molecule has 1 amide bonds. The molecule has 104 valence electrons. The normalized spacial score (nSPS) is 11.9. The van der Waals surface area contributed by atoms with E-state index in [1.165, 1.54) is 24.0 Å². The number of hydrogen-bond acceptors (Lipinski definition) is 3. The lowest BCUT2D eigenvalue weighted by atomic mass is 10.2. The largest absolute Gasteiger partial charge is 0.481 e. The summed E-state index contributed by atoms with van der Waals surface area (Å²) in [5.41, 5.74) is 0.257. The van der Waals surface area contributed by atoms with Crippen LogP contribution in [0.15, 0.2) is 24.3 Å². The van der Waals surface area contributed by atoms with Gasteiger partial charge in [-0.1, -0.05) is 0 Å². The molecule has 1 rings (SSSR count). The maximum absolute atomic E-state index is 12.8. The number of benzene rings is 1. The molecule has 0 aromatic heterocycles. The van der Waals surface area contributed by atoms with E-state index in [2.05, 4.69) is 0 Å². The number of carboxylic acid groups (broad SMARTS) is 1. The Morgan fingerprint density at radius 2 is 1.89 bits per heavy atom. The maximum Gasteiger partial charge on any atom is 0.305 e. The van der Waals surface area contributed by atoms with Crippen LogP contribution in [0.25, 0.3) is 0 Å². The smallest absolute Gasteiger partial charge is 0.305 e. The van der Waals surface area contributed by atoms with Crippen LogP contribution in [0.3, 0.4) is 0 Å². The van der Waals surface area contributed by atoms with Gasteiger partial charge in [0.25, 0.3) is 5.91 Å². The summed E-state index contributed by atoms with van der Waals surface area (Å²) in [6, 6.07) is 4.97. The fraction of sp³-hybridized carbons (Fsp3) is 0.385. The second-order valence-corrected chi connectivity index (χ2v) is 4.25. The molecule has 1 aromatic carbocycles. The molecule has 0 fully saturated rings. The molecular weight excluding hydrogens is 253 g/mol. The van der Waals surface area contributed by atoms with E-state index in [0.29, 0.717) is 0 Å². The SMILES string of the molecule is CC(O)CN(CCC(=O)O)C(=O)c1ccc(F)cc1. The van der Waals surface area contributed by atoms with Crippen LogP contribution >= 0.6 is 0 Å². The van der Waals surface area contributed by atoms with Gasteiger partial charge in [0.1, 0.15) is 5.82 Å². The summed E-state index contributed by atoms with van der Waals surface area (Å²) in [6.45, 7) is 1.53. The van der Waals surface area contributed by atoms with Gasteiger partial charge in [-0.25, -0.2) is 4.39 Å². The van der Waals surface area contributed by atoms with Crippen molar-refractivity contribution in [3.63, 3.8) is 0 Å². The third-order valence-electron chi connectivity index (χ3n) is 2.46. The number of aliphatic hydroxyl groups excluding tert-OH is 1. The number of halogens is 1. The monoisotopic (exact) mass is 269 g/mol. The summed E-state index contributed by atoms with van der Waals surface area (Å²) in [4.78, 5) is 23.9. The Labute approximate surface area is 110 Å². The molecule has 0 saturated heterocycles. The minimum absolute atomic E-state index is 0.00353. The zero-order valence-corrected chi connectivity index (χ0v) is 10.5. The van der Waals surface area contributed by atoms with Crippen LogP contribution in [0.1, 0.15) is 23.7 Å². The van der Waals surface area contributed by atoms with Crippen molar-refractivity contribution < 1.29 is 24.2 Å². The summed E-state index contributed by atoms with van der Waals surface area (Å²) < 4.78 is 12.8. The first-order valence-electron chi connectivity index (χ1n) is 5.85. The van der Waals surface area contributed by atoms with Crippen LogP contribution in [0.4, 0.5) is 4.39 Å². The van der Waals surface area contributed by atoms with Gasteiger partial charge in [0.15, 0.2) is 0 Å². The topological polar surface area (TPSA) is 77.8 Å². The molecule has 1 unspecified atom stereocenters. The number of nitrogens with zero attached hydrogens (tertiary/aromatic N) is 1. The lowest BCUT2D eigenvalue weighted by Gasteiger charge is -2.23. The lowest BCUT2D eigenvalue weighted by molar-refractivity contribution is -0.137. The minimum Gasteiger partial charge on any atom is -0.481 e. The molecule has 0 aliphatic carbocycles. The molecule has 1 aromatic rings. The predicted molar refractivity (Wildman–Crippen MR) is 66.2 cm³/mol. The minimum atomic E-state index is -1.03. The number of aliphatic carboxylic acids is 1. The highest BCUT2D eigenvalue weighted by Gasteiger charge is 2.18. The maximum atomic E-state index is 12.8. The van der Waals surface area contributed by atoms with Gasteiger partial charge in [-0.05, 0) is 31.2 Å². The van der Waals surface area contributed by atoms with Crippen molar-refractivity contribution >= 4 is 11.9 Å². The quantitative estimate of drug-likeness (QED) is 0.811. The highest BCUT2D eigenvalue weighted by Crippen LogP contribution is 2.08. The highest BCUT2D eigenvalue weighted by atomic mass is 19.1. The van der Waals surface area contributed by atoms with Crippen molar-refractivity contribution in [2.75, 3.05) is 13.1 Å². The first-order chi connectivity index (χ1) is 8.90. The predicted octanol–water partition coefficient (Wildman–Crippen LogP) is 1.12. The number of aliphatic hydroxyl groups is 1. The van der Waals surface area contributed by atoms with Crippen LogP contribution < -0.4 is 0 Å². The molecule has 0 bridgehead atoms. The Hall–Kier alpha value is -1.95. The first-order valence-corrected chi connectivity index (χ1v) is 5.85. The Kier molecular flexibility index (Phi) is 5.44. The Balaban J connectivity index is 2.80.